The van der Waals surface area contributed by atoms with Crippen LogP contribution >= 0.6 is 15.9 Å². The second kappa shape index (κ2) is 11.8. The Kier molecular flexibility index (Phi) is 8.58. The predicted molar refractivity (Wildman–Crippen MR) is 132 cm³/mol. The van der Waals surface area contributed by atoms with Crippen molar-refractivity contribution >= 4 is 45.5 Å². The van der Waals surface area contributed by atoms with Crippen LogP contribution < -0.4 is 25.5 Å². The number of aryl methyl sites for hydroxylation is 1. The summed E-state index contributed by atoms with van der Waals surface area (Å²) >= 11 is 3.41. The van der Waals surface area contributed by atoms with Crippen LogP contribution in [0.4, 0.5) is 20.6 Å². The van der Waals surface area contributed by atoms with Crippen LogP contribution in [0.25, 0.3) is 0 Å². The highest BCUT2D eigenvalue weighted by Crippen LogP contribution is 2.30. The molecule has 0 atom stereocenters. The number of urea groups is 1. The molecule has 0 saturated heterocycles. The monoisotopic (exact) mass is 528 g/mol. The maximum Gasteiger partial charge on any atom is 0.339 e. The van der Waals surface area contributed by atoms with Crippen molar-refractivity contribution in [3.8, 4) is 11.5 Å². The van der Waals surface area contributed by atoms with Crippen molar-refractivity contribution in [3.05, 3.63) is 82.1 Å². The summed E-state index contributed by atoms with van der Waals surface area (Å²) in [4.78, 5) is 24.4. The number of methoxy groups -OCH3 is 1. The van der Waals surface area contributed by atoms with Gasteiger partial charge in [-0.1, -0.05) is 22.0 Å². The highest BCUT2D eigenvalue weighted by atomic mass is 79.9. The van der Waals surface area contributed by atoms with Gasteiger partial charge in [0.2, 0.25) is 0 Å². The van der Waals surface area contributed by atoms with Gasteiger partial charge in [-0.15, -0.1) is 0 Å². The third kappa shape index (κ3) is 7.04. The lowest BCUT2D eigenvalue weighted by molar-refractivity contribution is -0.118. The number of carbonyl (C=O) groups is 2. The number of anilines is 2. The lowest BCUT2D eigenvalue weighted by atomic mass is 10.2. The van der Waals surface area contributed by atoms with Crippen molar-refractivity contribution in [2.24, 2.45) is 5.10 Å². The molecule has 0 aliphatic rings. The van der Waals surface area contributed by atoms with E-state index >= 15 is 0 Å². The molecule has 0 radical (unpaired) electrons. The number of nitrogens with zero attached hydrogens (tertiary/aromatic N) is 1. The largest absolute Gasteiger partial charge is 0.493 e. The minimum atomic E-state index is -0.526. The van der Waals surface area contributed by atoms with E-state index in [0.29, 0.717) is 22.7 Å². The number of para-hydroxylation sites is 1. The van der Waals surface area contributed by atoms with E-state index in [1.54, 1.807) is 24.3 Å². The Morgan fingerprint density at radius 2 is 1.79 bits per heavy atom. The molecule has 3 aromatic carbocycles. The van der Waals surface area contributed by atoms with E-state index in [1.165, 1.54) is 37.6 Å². The number of ether oxygens (including phenoxy) is 2. The third-order valence-electron chi connectivity index (χ3n) is 4.49. The molecule has 34 heavy (non-hydrogen) atoms. The SMILES string of the molecule is COc1cccc(/C=N/NC(=O)Nc2ccc(Br)c(C)c2)c1OCC(=O)Nc1ccc(F)cc1. The molecule has 0 aromatic heterocycles. The Bertz CT molecular complexity index is 1200. The number of rotatable bonds is 8. The van der Waals surface area contributed by atoms with E-state index in [0.717, 1.165) is 10.0 Å². The van der Waals surface area contributed by atoms with Crippen molar-refractivity contribution in [1.29, 1.82) is 0 Å². The van der Waals surface area contributed by atoms with Crippen LogP contribution in [0.2, 0.25) is 0 Å². The summed E-state index contributed by atoms with van der Waals surface area (Å²) in [6.07, 6.45) is 1.38. The fourth-order valence-corrected chi connectivity index (χ4v) is 3.11. The molecule has 3 rings (SSSR count). The van der Waals surface area contributed by atoms with Gasteiger partial charge in [0.1, 0.15) is 5.82 Å². The van der Waals surface area contributed by atoms with Crippen LogP contribution in [0, 0.1) is 12.7 Å². The zero-order chi connectivity index (χ0) is 24.5. The molecule has 0 aliphatic carbocycles. The zero-order valence-electron chi connectivity index (χ0n) is 18.4. The van der Waals surface area contributed by atoms with Crippen LogP contribution in [0.3, 0.4) is 0 Å². The maximum atomic E-state index is 13.0. The quantitative estimate of drug-likeness (QED) is 0.280. The second-order valence-corrected chi connectivity index (χ2v) is 7.86. The lowest BCUT2D eigenvalue weighted by Gasteiger charge is -2.13. The van der Waals surface area contributed by atoms with Crippen LogP contribution in [0.5, 0.6) is 11.5 Å². The van der Waals surface area contributed by atoms with Crippen molar-refractivity contribution in [2.45, 2.75) is 6.92 Å². The zero-order valence-corrected chi connectivity index (χ0v) is 20.0. The van der Waals surface area contributed by atoms with Gasteiger partial charge in [0, 0.05) is 21.4 Å². The molecule has 0 bridgehead atoms. The van der Waals surface area contributed by atoms with E-state index in [4.69, 9.17) is 9.47 Å². The molecule has 0 saturated carbocycles. The average molecular weight is 529 g/mol. The van der Waals surface area contributed by atoms with Gasteiger partial charge >= 0.3 is 6.03 Å². The smallest absolute Gasteiger partial charge is 0.339 e. The van der Waals surface area contributed by atoms with Gasteiger partial charge in [-0.05, 0) is 67.1 Å². The number of hydrazone groups is 1. The first-order valence-electron chi connectivity index (χ1n) is 10.1. The van der Waals surface area contributed by atoms with Crippen molar-refractivity contribution in [1.82, 2.24) is 5.43 Å². The first-order valence-corrected chi connectivity index (χ1v) is 10.9. The van der Waals surface area contributed by atoms with Crippen LogP contribution in [0.1, 0.15) is 11.1 Å². The van der Waals surface area contributed by atoms with Gasteiger partial charge in [-0.3, -0.25) is 4.79 Å². The lowest BCUT2D eigenvalue weighted by Crippen LogP contribution is -2.24. The van der Waals surface area contributed by atoms with Gasteiger partial charge in [0.15, 0.2) is 18.1 Å². The molecule has 176 valence electrons. The molecular formula is C24H22BrFN4O4. The summed E-state index contributed by atoms with van der Waals surface area (Å²) in [5.74, 6) is -0.189. The van der Waals surface area contributed by atoms with Crippen molar-refractivity contribution < 1.29 is 23.5 Å². The topological polar surface area (TPSA) is 101 Å². The Labute approximate surface area is 204 Å². The van der Waals surface area contributed by atoms with E-state index in [9.17, 15) is 14.0 Å². The molecule has 3 aromatic rings. The standard InChI is InChI=1S/C24H22BrFN4O4/c1-15-12-19(10-11-20(15)25)29-24(32)30-27-13-16-4-3-5-21(33-2)23(16)34-14-22(31)28-18-8-6-17(26)7-9-18/h3-13H,14H2,1-2H3,(H,28,31)(H2,29,30,32)/b27-13+. The minimum Gasteiger partial charge on any atom is -0.493 e. The summed E-state index contributed by atoms with van der Waals surface area (Å²) in [5.41, 5.74) is 4.89. The number of hydrogen-bond acceptors (Lipinski definition) is 5. The first-order chi connectivity index (χ1) is 16.4. The molecule has 0 heterocycles. The summed E-state index contributed by atoms with van der Waals surface area (Å²) in [6.45, 7) is 1.59. The Balaban J connectivity index is 1.62. The third-order valence-corrected chi connectivity index (χ3v) is 5.38. The Hall–Kier alpha value is -3.92. The molecule has 0 aliphatic heterocycles. The van der Waals surface area contributed by atoms with Crippen molar-refractivity contribution in [2.75, 3.05) is 24.4 Å². The van der Waals surface area contributed by atoms with Crippen LogP contribution in [-0.4, -0.2) is 31.9 Å². The summed E-state index contributed by atoms with van der Waals surface area (Å²) < 4.78 is 24.9. The predicted octanol–water partition coefficient (Wildman–Crippen LogP) is 5.08. The molecule has 0 spiro atoms. The Morgan fingerprint density at radius 1 is 1.06 bits per heavy atom. The number of amides is 3. The Morgan fingerprint density at radius 3 is 2.50 bits per heavy atom. The summed E-state index contributed by atoms with van der Waals surface area (Å²) in [6, 6.07) is 15.3. The van der Waals surface area contributed by atoms with Crippen LogP contribution in [0.15, 0.2) is 70.2 Å². The van der Waals surface area contributed by atoms with Gasteiger partial charge in [0.25, 0.3) is 5.91 Å². The highest BCUT2D eigenvalue weighted by molar-refractivity contribution is 9.10. The molecule has 0 unspecified atom stereocenters. The number of hydrogen-bond donors (Lipinski definition) is 3. The number of carbonyl (C=O) groups excluding carboxylic acids is 2. The molecule has 3 amide bonds. The van der Waals surface area contributed by atoms with E-state index in [2.05, 4.69) is 37.1 Å². The van der Waals surface area contributed by atoms with Gasteiger partial charge in [0.05, 0.1) is 13.3 Å². The highest BCUT2D eigenvalue weighted by Gasteiger charge is 2.12. The van der Waals surface area contributed by atoms with E-state index < -0.39 is 17.8 Å². The minimum absolute atomic E-state index is 0.272. The number of benzene rings is 3. The number of halogens is 2. The van der Waals surface area contributed by atoms with Crippen LogP contribution in [-0.2, 0) is 4.79 Å². The van der Waals surface area contributed by atoms with E-state index in [1.807, 2.05) is 19.1 Å². The summed E-state index contributed by atoms with van der Waals surface area (Å²) in [5, 5.41) is 9.24. The van der Waals surface area contributed by atoms with Crippen molar-refractivity contribution in [3.63, 3.8) is 0 Å². The van der Waals surface area contributed by atoms with Gasteiger partial charge in [-0.25, -0.2) is 14.6 Å². The van der Waals surface area contributed by atoms with Gasteiger partial charge < -0.3 is 20.1 Å². The molecule has 10 heteroatoms. The summed E-state index contributed by atoms with van der Waals surface area (Å²) in [7, 11) is 1.47. The maximum absolute atomic E-state index is 13.0. The second-order valence-electron chi connectivity index (χ2n) is 7.01. The molecule has 0 fully saturated rings. The molecule has 8 nitrogen and oxygen atoms in total. The normalized spacial score (nSPS) is 10.6. The van der Waals surface area contributed by atoms with E-state index in [-0.39, 0.29) is 12.4 Å². The fourth-order valence-electron chi connectivity index (χ4n) is 2.86. The molecular weight excluding hydrogens is 507 g/mol. The first kappa shape index (κ1) is 24.7. The fraction of sp³-hybridized carbons (Fsp3) is 0.125. The molecule has 3 N–H and O–H groups in total. The average Bonchev–Trinajstić information content (AvgIpc) is 2.82. The number of nitrogens with one attached hydrogen (secondary N) is 3. The van der Waals surface area contributed by atoms with Gasteiger partial charge in [-0.2, -0.15) is 5.10 Å².